The van der Waals surface area contributed by atoms with E-state index in [-0.39, 0.29) is 61.7 Å². The fraction of sp³-hybridized carbons (Fsp3) is 0.867. The lowest BCUT2D eigenvalue weighted by Crippen LogP contribution is -2.54. The molecule has 6 atom stereocenters. The van der Waals surface area contributed by atoms with E-state index in [0.29, 0.717) is 6.54 Å². The minimum absolute atomic E-state index is 0. The Morgan fingerprint density at radius 1 is 1.48 bits per heavy atom. The molecule has 0 aromatic rings. The van der Waals surface area contributed by atoms with Crippen molar-refractivity contribution in [1.29, 1.82) is 5.26 Å². The molecule has 0 unspecified atom stereocenters. The molecular weight excluding hydrogens is 322 g/mol. The van der Waals surface area contributed by atoms with Crippen LogP contribution in [-0.4, -0.2) is 71.1 Å². The first-order chi connectivity index (χ1) is 10.6. The van der Waals surface area contributed by atoms with Crippen LogP contribution in [0, 0.1) is 17.2 Å². The zero-order valence-corrected chi connectivity index (χ0v) is 13.7. The normalized spacial score (nSPS) is 36.6. The maximum Gasteiger partial charge on any atom is 0.241 e. The lowest BCUT2D eigenvalue weighted by molar-refractivity contribution is -0.135. The number of fused-ring (bicyclic) bond motifs is 2. The van der Waals surface area contributed by atoms with Crippen molar-refractivity contribution >= 4 is 18.3 Å². The molecule has 2 saturated heterocycles. The summed E-state index contributed by atoms with van der Waals surface area (Å²) in [5.41, 5.74) is 0. The van der Waals surface area contributed by atoms with Gasteiger partial charge in [-0.1, -0.05) is 0 Å². The lowest BCUT2D eigenvalue weighted by Gasteiger charge is -2.32. The van der Waals surface area contributed by atoms with Gasteiger partial charge in [-0.2, -0.15) is 5.26 Å². The zero-order chi connectivity index (χ0) is 15.7. The molecule has 1 saturated carbocycles. The van der Waals surface area contributed by atoms with Gasteiger partial charge in [-0.15, -0.1) is 12.4 Å². The fourth-order valence-corrected chi connectivity index (χ4v) is 3.94. The number of aliphatic hydroxyl groups is 2. The van der Waals surface area contributed by atoms with E-state index in [1.165, 1.54) is 0 Å². The van der Waals surface area contributed by atoms with Crippen molar-refractivity contribution in [2.24, 2.45) is 5.92 Å². The molecular formula is C15H24ClN3O4. The Morgan fingerprint density at radius 2 is 2.26 bits per heavy atom. The van der Waals surface area contributed by atoms with Gasteiger partial charge in [0.15, 0.2) is 0 Å². The van der Waals surface area contributed by atoms with E-state index < -0.39 is 6.10 Å². The number of ether oxygens (including phenoxy) is 1. The molecule has 1 amide bonds. The van der Waals surface area contributed by atoms with E-state index in [1.54, 1.807) is 4.90 Å². The van der Waals surface area contributed by atoms with Crippen molar-refractivity contribution in [3.63, 3.8) is 0 Å². The molecule has 23 heavy (non-hydrogen) atoms. The number of carbonyl (C=O) groups is 1. The Morgan fingerprint density at radius 3 is 2.87 bits per heavy atom. The van der Waals surface area contributed by atoms with Crippen LogP contribution in [0.5, 0.6) is 0 Å². The van der Waals surface area contributed by atoms with E-state index in [4.69, 9.17) is 15.1 Å². The molecule has 0 spiro atoms. The summed E-state index contributed by atoms with van der Waals surface area (Å²) < 4.78 is 5.64. The van der Waals surface area contributed by atoms with Gasteiger partial charge in [0.25, 0.3) is 0 Å². The molecule has 0 aromatic carbocycles. The van der Waals surface area contributed by atoms with Gasteiger partial charge in [-0.05, 0) is 31.6 Å². The molecule has 130 valence electrons. The standard InChI is InChI=1S/C15H23N3O4.ClH/c16-6-10-2-1-3-18(10)15(21)14-9-4-12(17-14)13(5-9)22-8-11(20)7-19;/h9-14,17,19-20H,1-5,7-8H2;1H/t9-,10-,11-,12+,13+,14-;/m0./s1. The molecule has 3 aliphatic rings. The summed E-state index contributed by atoms with van der Waals surface area (Å²) in [5, 5.41) is 30.6. The summed E-state index contributed by atoms with van der Waals surface area (Å²) in [6.07, 6.45) is 2.49. The van der Waals surface area contributed by atoms with E-state index >= 15 is 0 Å². The second-order valence-electron chi connectivity index (χ2n) is 6.51. The van der Waals surface area contributed by atoms with Crippen LogP contribution in [0.4, 0.5) is 0 Å². The Labute approximate surface area is 142 Å². The Hall–Kier alpha value is -0.910. The van der Waals surface area contributed by atoms with E-state index in [0.717, 1.165) is 25.7 Å². The van der Waals surface area contributed by atoms with Gasteiger partial charge in [0.05, 0.1) is 31.4 Å². The highest BCUT2D eigenvalue weighted by atomic mass is 35.5. The van der Waals surface area contributed by atoms with Crippen LogP contribution >= 0.6 is 12.4 Å². The van der Waals surface area contributed by atoms with Gasteiger partial charge in [0, 0.05) is 12.6 Å². The number of halogens is 1. The topological polar surface area (TPSA) is 106 Å². The highest BCUT2D eigenvalue weighted by Crippen LogP contribution is 2.38. The van der Waals surface area contributed by atoms with Crippen LogP contribution in [0.2, 0.25) is 0 Å². The predicted octanol–water partition coefficient (Wildman–Crippen LogP) is -0.588. The van der Waals surface area contributed by atoms with Crippen molar-refractivity contribution in [2.45, 2.75) is 56.0 Å². The smallest absolute Gasteiger partial charge is 0.241 e. The van der Waals surface area contributed by atoms with Crippen molar-refractivity contribution in [3.8, 4) is 6.07 Å². The van der Waals surface area contributed by atoms with Crippen LogP contribution in [0.15, 0.2) is 0 Å². The molecule has 2 aliphatic heterocycles. The molecule has 0 aromatic heterocycles. The predicted molar refractivity (Wildman–Crippen MR) is 83.9 cm³/mol. The van der Waals surface area contributed by atoms with Gasteiger partial charge in [-0.3, -0.25) is 4.79 Å². The quantitative estimate of drug-likeness (QED) is 0.615. The van der Waals surface area contributed by atoms with E-state index in [2.05, 4.69) is 11.4 Å². The van der Waals surface area contributed by atoms with Gasteiger partial charge in [-0.25, -0.2) is 0 Å². The highest BCUT2D eigenvalue weighted by Gasteiger charge is 2.50. The zero-order valence-electron chi connectivity index (χ0n) is 12.9. The molecule has 0 radical (unpaired) electrons. The average Bonchev–Trinajstić information content (AvgIpc) is 3.25. The van der Waals surface area contributed by atoms with Crippen LogP contribution < -0.4 is 5.32 Å². The third-order valence-electron chi connectivity index (χ3n) is 5.07. The molecule has 3 rings (SSSR count). The summed E-state index contributed by atoms with van der Waals surface area (Å²) >= 11 is 0. The van der Waals surface area contributed by atoms with Crippen molar-refractivity contribution < 1.29 is 19.7 Å². The molecule has 2 heterocycles. The molecule has 3 N–H and O–H groups in total. The van der Waals surface area contributed by atoms with E-state index in [1.807, 2.05) is 0 Å². The minimum atomic E-state index is -0.849. The first kappa shape index (κ1) is 18.4. The number of carbonyl (C=O) groups excluding carboxylic acids is 1. The fourth-order valence-electron chi connectivity index (χ4n) is 3.94. The molecule has 7 nitrogen and oxygen atoms in total. The number of nitrogens with one attached hydrogen (secondary N) is 1. The van der Waals surface area contributed by atoms with Gasteiger partial charge < -0.3 is 25.2 Å². The number of hydrogen-bond donors (Lipinski definition) is 3. The van der Waals surface area contributed by atoms with Gasteiger partial charge in [0.2, 0.25) is 5.91 Å². The molecule has 1 aliphatic carbocycles. The Bertz CT molecular complexity index is 472. The number of nitriles is 1. The average molecular weight is 346 g/mol. The number of rotatable bonds is 5. The van der Waals surface area contributed by atoms with E-state index in [9.17, 15) is 9.90 Å². The molecule has 3 fully saturated rings. The van der Waals surface area contributed by atoms with Crippen molar-refractivity contribution in [1.82, 2.24) is 10.2 Å². The summed E-state index contributed by atoms with van der Waals surface area (Å²) in [6, 6.07) is 1.85. The number of piperidine rings is 1. The van der Waals surface area contributed by atoms with Crippen LogP contribution in [-0.2, 0) is 9.53 Å². The Kier molecular flexibility index (Phi) is 6.23. The summed E-state index contributed by atoms with van der Waals surface area (Å²) in [7, 11) is 0. The maximum atomic E-state index is 12.6. The third-order valence-corrected chi connectivity index (χ3v) is 5.07. The largest absolute Gasteiger partial charge is 0.394 e. The molecule has 8 heteroatoms. The summed E-state index contributed by atoms with van der Waals surface area (Å²) in [4.78, 5) is 14.3. The number of likely N-dealkylation sites (tertiary alicyclic amines) is 1. The monoisotopic (exact) mass is 345 g/mol. The first-order valence-corrected chi connectivity index (χ1v) is 8.00. The third kappa shape index (κ3) is 3.62. The lowest BCUT2D eigenvalue weighted by atomic mass is 9.97. The SMILES string of the molecule is Cl.N#C[C@@H]1CCCN1C(=O)[C@H]1N[C@@H]2C[C@H]1C[C@H]2OC[C@@H](O)CO. The highest BCUT2D eigenvalue weighted by molar-refractivity contribution is 5.85. The second-order valence-corrected chi connectivity index (χ2v) is 6.51. The van der Waals surface area contributed by atoms with Crippen LogP contribution in [0.1, 0.15) is 25.7 Å². The van der Waals surface area contributed by atoms with Crippen LogP contribution in [0.25, 0.3) is 0 Å². The number of aliphatic hydroxyl groups excluding tert-OH is 2. The minimum Gasteiger partial charge on any atom is -0.394 e. The second kappa shape index (κ2) is 7.77. The van der Waals surface area contributed by atoms with Crippen molar-refractivity contribution in [2.75, 3.05) is 19.8 Å². The van der Waals surface area contributed by atoms with Gasteiger partial charge in [0.1, 0.15) is 12.1 Å². The number of nitrogens with zero attached hydrogens (tertiary/aromatic N) is 2. The van der Waals surface area contributed by atoms with Crippen molar-refractivity contribution in [3.05, 3.63) is 0 Å². The molecule has 2 bridgehead atoms. The Balaban J connectivity index is 0.00000192. The summed E-state index contributed by atoms with van der Waals surface area (Å²) in [5.74, 6) is 0.277. The van der Waals surface area contributed by atoms with Crippen LogP contribution in [0.3, 0.4) is 0 Å². The number of amides is 1. The van der Waals surface area contributed by atoms with Gasteiger partial charge >= 0.3 is 0 Å². The number of hydrogen-bond acceptors (Lipinski definition) is 6. The maximum absolute atomic E-state index is 12.6. The first-order valence-electron chi connectivity index (χ1n) is 8.00. The summed E-state index contributed by atoms with van der Waals surface area (Å²) in [6.45, 7) is 0.489.